The summed E-state index contributed by atoms with van der Waals surface area (Å²) in [5.41, 5.74) is 1.99. The molecule has 1 aromatic carbocycles. The standard InChI is InChI=1S/C12H8N2S/c15-10-6-5-9-4-3-8-2-1-7-13-11(8)12(9)14-10/h1-7H,(H,14,15). The Labute approximate surface area is 91.6 Å². The second-order valence-electron chi connectivity index (χ2n) is 3.43. The molecule has 0 aliphatic carbocycles. The monoisotopic (exact) mass is 212 g/mol. The molecular formula is C12H8N2S. The van der Waals surface area contributed by atoms with E-state index in [4.69, 9.17) is 12.2 Å². The molecule has 3 aromatic rings. The first-order valence-corrected chi connectivity index (χ1v) is 5.12. The highest BCUT2D eigenvalue weighted by Crippen LogP contribution is 2.20. The van der Waals surface area contributed by atoms with Crippen molar-refractivity contribution in [1.82, 2.24) is 9.97 Å². The Morgan fingerprint density at radius 2 is 1.80 bits per heavy atom. The molecule has 0 aliphatic heterocycles. The average molecular weight is 212 g/mol. The van der Waals surface area contributed by atoms with Crippen molar-refractivity contribution in [3.05, 3.63) is 47.2 Å². The molecule has 0 amide bonds. The lowest BCUT2D eigenvalue weighted by Crippen LogP contribution is -1.84. The molecule has 2 heterocycles. The molecule has 0 fully saturated rings. The van der Waals surface area contributed by atoms with E-state index in [-0.39, 0.29) is 0 Å². The highest BCUT2D eigenvalue weighted by molar-refractivity contribution is 7.71. The molecule has 3 heteroatoms. The van der Waals surface area contributed by atoms with Gasteiger partial charge in [0.25, 0.3) is 0 Å². The molecule has 0 atom stereocenters. The van der Waals surface area contributed by atoms with Gasteiger partial charge in [-0.25, -0.2) is 0 Å². The second kappa shape index (κ2) is 3.14. The lowest BCUT2D eigenvalue weighted by atomic mass is 10.1. The molecule has 0 aliphatic rings. The maximum absolute atomic E-state index is 5.12. The van der Waals surface area contributed by atoms with Crippen LogP contribution in [0.2, 0.25) is 0 Å². The number of nitrogens with one attached hydrogen (secondary N) is 1. The number of aromatic nitrogens is 2. The van der Waals surface area contributed by atoms with Gasteiger partial charge in [-0.05, 0) is 18.2 Å². The fraction of sp³-hybridized carbons (Fsp3) is 0. The summed E-state index contributed by atoms with van der Waals surface area (Å²) < 4.78 is 0.737. The lowest BCUT2D eigenvalue weighted by Gasteiger charge is -2.01. The molecule has 0 bridgehead atoms. The Balaban J connectivity index is 2.63. The summed E-state index contributed by atoms with van der Waals surface area (Å²) >= 11 is 5.12. The van der Waals surface area contributed by atoms with Gasteiger partial charge >= 0.3 is 0 Å². The molecule has 0 radical (unpaired) electrons. The SMILES string of the molecule is S=c1ccc2ccc3cccnc3c2[nH]1. The molecule has 72 valence electrons. The number of fused-ring (bicyclic) bond motifs is 3. The fourth-order valence-corrected chi connectivity index (χ4v) is 1.93. The van der Waals surface area contributed by atoms with Crippen LogP contribution in [-0.2, 0) is 0 Å². The number of rotatable bonds is 0. The summed E-state index contributed by atoms with van der Waals surface area (Å²) in [6.07, 6.45) is 1.80. The van der Waals surface area contributed by atoms with E-state index >= 15 is 0 Å². The summed E-state index contributed by atoms with van der Waals surface area (Å²) in [7, 11) is 0. The first kappa shape index (κ1) is 8.56. The molecule has 3 rings (SSSR count). The minimum Gasteiger partial charge on any atom is -0.344 e. The largest absolute Gasteiger partial charge is 0.344 e. The van der Waals surface area contributed by atoms with Gasteiger partial charge in [0.2, 0.25) is 0 Å². The summed E-state index contributed by atoms with van der Waals surface area (Å²) in [6, 6.07) is 12.0. The van der Waals surface area contributed by atoms with E-state index in [0.717, 1.165) is 26.4 Å². The summed E-state index contributed by atoms with van der Waals surface area (Å²) in [4.78, 5) is 7.56. The van der Waals surface area contributed by atoms with Gasteiger partial charge in [-0.2, -0.15) is 0 Å². The predicted octanol–water partition coefficient (Wildman–Crippen LogP) is 3.45. The van der Waals surface area contributed by atoms with Crippen LogP contribution in [0, 0.1) is 4.64 Å². The zero-order valence-electron chi connectivity index (χ0n) is 7.90. The third kappa shape index (κ3) is 1.32. The van der Waals surface area contributed by atoms with Gasteiger partial charge in [0.15, 0.2) is 0 Å². The minimum atomic E-state index is 0.737. The lowest BCUT2D eigenvalue weighted by molar-refractivity contribution is 1.35. The fourth-order valence-electron chi connectivity index (χ4n) is 1.76. The van der Waals surface area contributed by atoms with Crippen molar-refractivity contribution in [2.75, 3.05) is 0 Å². The first-order chi connectivity index (χ1) is 7.34. The van der Waals surface area contributed by atoms with Crippen molar-refractivity contribution < 1.29 is 0 Å². The Morgan fingerprint density at radius 3 is 2.73 bits per heavy atom. The van der Waals surface area contributed by atoms with E-state index in [1.165, 1.54) is 0 Å². The van der Waals surface area contributed by atoms with Crippen molar-refractivity contribution in [2.45, 2.75) is 0 Å². The number of hydrogen-bond acceptors (Lipinski definition) is 2. The molecule has 2 nitrogen and oxygen atoms in total. The smallest absolute Gasteiger partial charge is 0.103 e. The Kier molecular flexibility index (Phi) is 1.79. The normalized spacial score (nSPS) is 10.9. The Hall–Kier alpha value is -1.74. The zero-order valence-corrected chi connectivity index (χ0v) is 8.71. The maximum atomic E-state index is 5.12. The molecule has 1 N–H and O–H groups in total. The van der Waals surface area contributed by atoms with E-state index in [1.807, 2.05) is 24.3 Å². The van der Waals surface area contributed by atoms with Crippen molar-refractivity contribution in [3.63, 3.8) is 0 Å². The number of H-pyrrole nitrogens is 1. The van der Waals surface area contributed by atoms with Crippen LogP contribution in [0.25, 0.3) is 21.8 Å². The minimum absolute atomic E-state index is 0.737. The van der Waals surface area contributed by atoms with Gasteiger partial charge in [-0.15, -0.1) is 0 Å². The summed E-state index contributed by atoms with van der Waals surface area (Å²) in [5.74, 6) is 0. The third-order valence-corrected chi connectivity index (χ3v) is 2.71. The molecule has 0 saturated carbocycles. The van der Waals surface area contributed by atoms with Crippen LogP contribution >= 0.6 is 12.2 Å². The van der Waals surface area contributed by atoms with Gasteiger partial charge in [0, 0.05) is 17.0 Å². The number of nitrogens with zero attached hydrogens (tertiary/aromatic N) is 1. The topological polar surface area (TPSA) is 28.7 Å². The number of benzene rings is 1. The van der Waals surface area contributed by atoms with E-state index in [0.29, 0.717) is 0 Å². The van der Waals surface area contributed by atoms with Crippen molar-refractivity contribution in [3.8, 4) is 0 Å². The molecule has 15 heavy (non-hydrogen) atoms. The van der Waals surface area contributed by atoms with Crippen molar-refractivity contribution in [1.29, 1.82) is 0 Å². The third-order valence-electron chi connectivity index (χ3n) is 2.47. The van der Waals surface area contributed by atoms with Gasteiger partial charge < -0.3 is 4.98 Å². The molecule has 0 unspecified atom stereocenters. The van der Waals surface area contributed by atoms with Crippen LogP contribution in [0.4, 0.5) is 0 Å². The van der Waals surface area contributed by atoms with Gasteiger partial charge in [0.05, 0.1) is 11.0 Å². The van der Waals surface area contributed by atoms with Crippen LogP contribution in [-0.4, -0.2) is 9.97 Å². The van der Waals surface area contributed by atoms with E-state index < -0.39 is 0 Å². The molecule has 2 aromatic heterocycles. The van der Waals surface area contributed by atoms with Gasteiger partial charge in [0.1, 0.15) is 4.64 Å². The zero-order chi connectivity index (χ0) is 10.3. The summed E-state index contributed by atoms with van der Waals surface area (Å²) in [5, 5.41) is 2.26. The van der Waals surface area contributed by atoms with Crippen molar-refractivity contribution in [2.24, 2.45) is 0 Å². The quantitative estimate of drug-likeness (QED) is 0.456. The van der Waals surface area contributed by atoms with Crippen LogP contribution in [0.5, 0.6) is 0 Å². The van der Waals surface area contributed by atoms with Crippen LogP contribution < -0.4 is 0 Å². The number of hydrogen-bond donors (Lipinski definition) is 1. The molecule has 0 saturated heterocycles. The highest BCUT2D eigenvalue weighted by atomic mass is 32.1. The van der Waals surface area contributed by atoms with Crippen LogP contribution in [0.1, 0.15) is 0 Å². The highest BCUT2D eigenvalue weighted by Gasteiger charge is 2.00. The van der Waals surface area contributed by atoms with Crippen molar-refractivity contribution >= 4 is 34.0 Å². The van der Waals surface area contributed by atoms with Gasteiger partial charge in [-0.1, -0.05) is 30.4 Å². The van der Waals surface area contributed by atoms with Crippen LogP contribution in [0.3, 0.4) is 0 Å². The molecule has 0 spiro atoms. The van der Waals surface area contributed by atoms with Gasteiger partial charge in [-0.3, -0.25) is 4.98 Å². The predicted molar refractivity (Wildman–Crippen MR) is 64.4 cm³/mol. The number of pyridine rings is 2. The van der Waals surface area contributed by atoms with E-state index in [9.17, 15) is 0 Å². The van der Waals surface area contributed by atoms with E-state index in [1.54, 1.807) is 6.20 Å². The Morgan fingerprint density at radius 1 is 1.00 bits per heavy atom. The summed E-state index contributed by atoms with van der Waals surface area (Å²) in [6.45, 7) is 0. The second-order valence-corrected chi connectivity index (χ2v) is 3.87. The number of aromatic amines is 1. The molecular weight excluding hydrogens is 204 g/mol. The first-order valence-electron chi connectivity index (χ1n) is 4.71. The average Bonchev–Trinajstić information content (AvgIpc) is 2.29. The van der Waals surface area contributed by atoms with Crippen LogP contribution in [0.15, 0.2) is 42.6 Å². The Bertz CT molecular complexity index is 700. The van der Waals surface area contributed by atoms with E-state index in [2.05, 4.69) is 22.1 Å². The maximum Gasteiger partial charge on any atom is 0.103 e.